The Morgan fingerprint density at radius 3 is 2.47 bits per heavy atom. The molecule has 2 N–H and O–H groups in total. The van der Waals surface area contributed by atoms with Gasteiger partial charge in [-0.1, -0.05) is 29.8 Å². The minimum atomic E-state index is -3.60. The zero-order valence-corrected chi connectivity index (χ0v) is 21.2. The average molecular weight is 528 g/mol. The largest absolute Gasteiger partial charge is 0.462 e. The van der Waals surface area contributed by atoms with Crippen molar-refractivity contribution in [3.63, 3.8) is 0 Å². The number of halogens is 1. The number of sulfonamides is 1. The highest BCUT2D eigenvalue weighted by Crippen LogP contribution is 2.28. The second-order valence-electron chi connectivity index (χ2n) is 7.88. The third kappa shape index (κ3) is 5.84. The number of rotatable bonds is 11. The number of benzene rings is 2. The maximum absolute atomic E-state index is 12.6. The number of aromatic nitrogens is 3. The van der Waals surface area contributed by atoms with Crippen LogP contribution in [0.5, 0.6) is 0 Å². The van der Waals surface area contributed by atoms with Crippen molar-refractivity contribution >= 4 is 44.3 Å². The van der Waals surface area contributed by atoms with E-state index in [1.54, 1.807) is 17.8 Å². The minimum Gasteiger partial charge on any atom is -0.462 e. The maximum atomic E-state index is 12.6. The minimum absolute atomic E-state index is 0.165. The van der Waals surface area contributed by atoms with Gasteiger partial charge in [0.2, 0.25) is 10.0 Å². The van der Waals surface area contributed by atoms with E-state index in [-0.39, 0.29) is 18.0 Å². The summed E-state index contributed by atoms with van der Waals surface area (Å²) < 4.78 is 34.3. The lowest BCUT2D eigenvalue weighted by Crippen LogP contribution is -2.25. The van der Waals surface area contributed by atoms with E-state index in [0.717, 1.165) is 5.69 Å². The van der Waals surface area contributed by atoms with Crippen LogP contribution in [-0.2, 0) is 14.8 Å². The second-order valence-corrected chi connectivity index (χ2v) is 10.1. The van der Waals surface area contributed by atoms with Crippen molar-refractivity contribution in [1.82, 2.24) is 19.5 Å². The fraction of sp³-hybridized carbons (Fsp3) is 0.240. The molecule has 0 spiro atoms. The van der Waals surface area contributed by atoms with Crippen LogP contribution < -0.4 is 10.0 Å². The number of anilines is 1. The van der Waals surface area contributed by atoms with E-state index in [1.165, 1.54) is 30.5 Å². The quantitative estimate of drug-likeness (QED) is 0.219. The van der Waals surface area contributed by atoms with Gasteiger partial charge in [-0.05, 0) is 56.2 Å². The van der Waals surface area contributed by atoms with Gasteiger partial charge in [0.1, 0.15) is 5.56 Å². The average Bonchev–Trinajstić information content (AvgIpc) is 3.31. The van der Waals surface area contributed by atoms with Gasteiger partial charge < -0.3 is 10.1 Å². The topological polar surface area (TPSA) is 115 Å². The van der Waals surface area contributed by atoms with E-state index in [9.17, 15) is 13.2 Å². The molecule has 0 saturated heterocycles. The number of fused-ring (bicyclic) bond motifs is 1. The van der Waals surface area contributed by atoms with Gasteiger partial charge in [-0.3, -0.25) is 0 Å². The zero-order chi connectivity index (χ0) is 25.5. The number of unbranched alkanes of at least 4 members (excludes halogenated alkanes) is 1. The molecule has 0 atom stereocenters. The van der Waals surface area contributed by atoms with E-state index in [1.807, 2.05) is 30.3 Å². The van der Waals surface area contributed by atoms with Crippen molar-refractivity contribution in [2.24, 2.45) is 0 Å². The number of carbonyl (C=O) groups is 1. The summed E-state index contributed by atoms with van der Waals surface area (Å²) in [5, 5.41) is 8.94. The number of nitrogens with zero attached hydrogens (tertiary/aromatic N) is 3. The first-order valence-corrected chi connectivity index (χ1v) is 13.3. The standard InChI is InChI=1S/C25H26ClN5O4S/c1-2-35-25(32)22-16-28-24-21(17-29-31(24)19-8-4-3-5-9-19)23(22)27-14-6-7-15-30-36(33,34)20-12-10-18(26)11-13-20/h3-5,8-13,16-17,30H,2,6-7,14-15H2,1H3,(H,27,28). The highest BCUT2D eigenvalue weighted by molar-refractivity contribution is 7.89. The lowest BCUT2D eigenvalue weighted by Gasteiger charge is -2.13. The van der Waals surface area contributed by atoms with E-state index < -0.39 is 16.0 Å². The predicted molar refractivity (Wildman–Crippen MR) is 139 cm³/mol. The first kappa shape index (κ1) is 25.6. The lowest BCUT2D eigenvalue weighted by molar-refractivity contribution is 0.0527. The molecule has 4 aromatic rings. The van der Waals surface area contributed by atoms with Crippen LogP contribution >= 0.6 is 11.6 Å². The Morgan fingerprint density at radius 1 is 1.03 bits per heavy atom. The summed E-state index contributed by atoms with van der Waals surface area (Å²) >= 11 is 5.83. The molecule has 0 aliphatic heterocycles. The highest BCUT2D eigenvalue weighted by Gasteiger charge is 2.19. The summed E-state index contributed by atoms with van der Waals surface area (Å²) in [5.74, 6) is -0.474. The van der Waals surface area contributed by atoms with Crippen LogP contribution in [0, 0.1) is 0 Å². The third-order valence-electron chi connectivity index (χ3n) is 5.42. The van der Waals surface area contributed by atoms with Crippen LogP contribution in [0.4, 0.5) is 5.69 Å². The van der Waals surface area contributed by atoms with E-state index >= 15 is 0 Å². The van der Waals surface area contributed by atoms with Gasteiger partial charge >= 0.3 is 5.97 Å². The Morgan fingerprint density at radius 2 is 1.75 bits per heavy atom. The Balaban J connectivity index is 1.44. The summed E-state index contributed by atoms with van der Waals surface area (Å²) in [6, 6.07) is 15.6. The summed E-state index contributed by atoms with van der Waals surface area (Å²) in [6.07, 6.45) is 4.40. The number of hydrogen-bond acceptors (Lipinski definition) is 7. The van der Waals surface area contributed by atoms with E-state index in [4.69, 9.17) is 16.3 Å². The fourth-order valence-corrected chi connectivity index (χ4v) is 4.86. The second kappa shape index (κ2) is 11.5. The normalized spacial score (nSPS) is 11.5. The zero-order valence-electron chi connectivity index (χ0n) is 19.6. The Kier molecular flexibility index (Phi) is 8.19. The summed E-state index contributed by atoms with van der Waals surface area (Å²) in [5.41, 5.74) is 2.36. The van der Waals surface area contributed by atoms with Crippen LogP contribution in [0.15, 0.2) is 71.9 Å². The molecule has 36 heavy (non-hydrogen) atoms. The van der Waals surface area contributed by atoms with Crippen molar-refractivity contribution < 1.29 is 17.9 Å². The number of hydrogen-bond donors (Lipinski definition) is 2. The molecule has 0 saturated carbocycles. The van der Waals surface area contributed by atoms with E-state index in [2.05, 4.69) is 20.1 Å². The van der Waals surface area contributed by atoms with Crippen LogP contribution in [0.3, 0.4) is 0 Å². The summed E-state index contributed by atoms with van der Waals surface area (Å²) in [4.78, 5) is 17.2. The molecule has 0 bridgehead atoms. The molecule has 0 aliphatic rings. The highest BCUT2D eigenvalue weighted by atomic mass is 35.5. The lowest BCUT2D eigenvalue weighted by atomic mass is 10.1. The molecule has 2 heterocycles. The predicted octanol–water partition coefficient (Wildman–Crippen LogP) is 4.42. The van der Waals surface area contributed by atoms with Gasteiger partial charge in [-0.2, -0.15) is 5.10 Å². The Labute approximate surface area is 214 Å². The molecular weight excluding hydrogens is 502 g/mol. The first-order chi connectivity index (χ1) is 17.4. The van der Waals surface area contributed by atoms with Gasteiger partial charge in [0.15, 0.2) is 5.65 Å². The Bertz CT molecular complexity index is 1440. The number of esters is 1. The van der Waals surface area contributed by atoms with Gasteiger partial charge in [0, 0.05) is 24.3 Å². The van der Waals surface area contributed by atoms with Crippen LogP contribution in [0.25, 0.3) is 16.7 Å². The van der Waals surface area contributed by atoms with Crippen molar-refractivity contribution in [3.8, 4) is 5.69 Å². The molecule has 0 unspecified atom stereocenters. The molecule has 188 valence electrons. The molecule has 4 rings (SSSR count). The van der Waals surface area contributed by atoms with Crippen LogP contribution in [-0.4, -0.2) is 48.8 Å². The Hall–Kier alpha value is -3.47. The van der Waals surface area contributed by atoms with Crippen molar-refractivity contribution in [1.29, 1.82) is 0 Å². The maximum Gasteiger partial charge on any atom is 0.341 e. The van der Waals surface area contributed by atoms with Crippen molar-refractivity contribution in [2.75, 3.05) is 25.0 Å². The van der Waals surface area contributed by atoms with E-state index in [0.29, 0.717) is 46.7 Å². The number of nitrogens with one attached hydrogen (secondary N) is 2. The molecular formula is C25H26ClN5O4S. The third-order valence-corrected chi connectivity index (χ3v) is 7.14. The summed E-state index contributed by atoms with van der Waals surface area (Å²) in [7, 11) is -3.60. The van der Waals surface area contributed by atoms with Crippen LogP contribution in [0.1, 0.15) is 30.1 Å². The molecule has 2 aromatic carbocycles. The monoisotopic (exact) mass is 527 g/mol. The molecule has 11 heteroatoms. The van der Waals surface area contributed by atoms with Gasteiger partial charge in [0.05, 0.1) is 34.5 Å². The van der Waals surface area contributed by atoms with Gasteiger partial charge in [-0.25, -0.2) is 27.6 Å². The molecule has 0 radical (unpaired) electrons. The fourth-order valence-electron chi connectivity index (χ4n) is 3.66. The molecule has 9 nitrogen and oxygen atoms in total. The number of carbonyl (C=O) groups excluding carboxylic acids is 1. The molecule has 2 aromatic heterocycles. The smallest absolute Gasteiger partial charge is 0.341 e. The molecule has 0 fully saturated rings. The van der Waals surface area contributed by atoms with Crippen molar-refractivity contribution in [3.05, 3.63) is 77.6 Å². The van der Waals surface area contributed by atoms with Crippen molar-refractivity contribution in [2.45, 2.75) is 24.7 Å². The first-order valence-electron chi connectivity index (χ1n) is 11.5. The SMILES string of the molecule is CCOC(=O)c1cnc2c(cnn2-c2ccccc2)c1NCCCCNS(=O)(=O)c1ccc(Cl)cc1. The molecule has 0 amide bonds. The van der Waals surface area contributed by atoms with Gasteiger partial charge in [-0.15, -0.1) is 0 Å². The van der Waals surface area contributed by atoms with Crippen LogP contribution in [0.2, 0.25) is 5.02 Å². The summed E-state index contributed by atoms with van der Waals surface area (Å²) in [6.45, 7) is 2.77. The number of ether oxygens (including phenoxy) is 1. The number of pyridine rings is 1. The molecule has 0 aliphatic carbocycles. The number of para-hydroxylation sites is 1. The van der Waals surface area contributed by atoms with Gasteiger partial charge in [0.25, 0.3) is 0 Å².